The summed E-state index contributed by atoms with van der Waals surface area (Å²) in [4.78, 5) is 16.4. The number of aliphatic imine (C=N–C) groups is 1. The second-order valence-electron chi connectivity index (χ2n) is 6.94. The summed E-state index contributed by atoms with van der Waals surface area (Å²) in [6.45, 7) is 5.65. The van der Waals surface area contributed by atoms with Gasteiger partial charge in [-0.3, -0.25) is 4.79 Å². The van der Waals surface area contributed by atoms with E-state index >= 15 is 0 Å². The molecule has 1 aromatic heterocycles. The van der Waals surface area contributed by atoms with Crippen LogP contribution in [0, 0.1) is 12.7 Å². The second-order valence-corrected chi connectivity index (χ2v) is 6.94. The Morgan fingerprint density at radius 1 is 1.16 bits per heavy atom. The van der Waals surface area contributed by atoms with Crippen molar-refractivity contribution in [1.82, 2.24) is 16.0 Å². The number of carbonyl (C=O) groups excluding carboxylic acids is 1. The van der Waals surface area contributed by atoms with Crippen LogP contribution in [0.1, 0.15) is 34.2 Å². The minimum absolute atomic E-state index is 0. The molecule has 0 unspecified atom stereocenters. The zero-order chi connectivity index (χ0) is 21.5. The number of furan rings is 1. The predicted molar refractivity (Wildman–Crippen MR) is 133 cm³/mol. The van der Waals surface area contributed by atoms with Crippen molar-refractivity contribution >= 4 is 46.8 Å². The molecular formula is C23H28FIN4O2. The monoisotopic (exact) mass is 538 g/mol. The number of hydrogen-bond acceptors (Lipinski definition) is 3. The highest BCUT2D eigenvalue weighted by Crippen LogP contribution is 2.26. The largest absolute Gasteiger partial charge is 0.459 e. The number of rotatable bonds is 7. The Balaban J connectivity index is 0.00000341. The molecule has 3 N–H and O–H groups in total. The zero-order valence-corrected chi connectivity index (χ0v) is 20.3. The lowest BCUT2D eigenvalue weighted by molar-refractivity contribution is 0.0963. The first-order chi connectivity index (χ1) is 14.5. The number of nitrogens with one attached hydrogen (secondary N) is 3. The van der Waals surface area contributed by atoms with E-state index in [2.05, 4.69) is 20.9 Å². The van der Waals surface area contributed by atoms with Crippen LogP contribution in [0.15, 0.2) is 51.9 Å². The molecule has 0 saturated heterocycles. The van der Waals surface area contributed by atoms with Gasteiger partial charge in [0.25, 0.3) is 5.91 Å². The van der Waals surface area contributed by atoms with Crippen molar-refractivity contribution < 1.29 is 13.6 Å². The van der Waals surface area contributed by atoms with Crippen molar-refractivity contribution in [2.24, 2.45) is 4.99 Å². The van der Waals surface area contributed by atoms with Gasteiger partial charge in [-0.2, -0.15) is 0 Å². The molecule has 0 aliphatic carbocycles. The van der Waals surface area contributed by atoms with Crippen molar-refractivity contribution in [3.05, 3.63) is 70.7 Å². The van der Waals surface area contributed by atoms with Gasteiger partial charge in [-0.1, -0.05) is 12.1 Å². The summed E-state index contributed by atoms with van der Waals surface area (Å²) < 4.78 is 19.3. The second kappa shape index (κ2) is 11.7. The summed E-state index contributed by atoms with van der Waals surface area (Å²) in [6, 6.07) is 12.1. The van der Waals surface area contributed by atoms with Crippen LogP contribution >= 0.6 is 24.0 Å². The van der Waals surface area contributed by atoms with Crippen molar-refractivity contribution in [1.29, 1.82) is 0 Å². The number of amides is 1. The van der Waals surface area contributed by atoms with E-state index in [1.807, 2.05) is 32.0 Å². The quantitative estimate of drug-likeness (QED) is 0.240. The minimum Gasteiger partial charge on any atom is -0.459 e. The highest BCUT2D eigenvalue weighted by atomic mass is 127. The first-order valence-electron chi connectivity index (χ1n) is 10.0. The summed E-state index contributed by atoms with van der Waals surface area (Å²) in [6.07, 6.45) is 0.748. The Morgan fingerprint density at radius 3 is 2.71 bits per heavy atom. The average molecular weight is 538 g/mol. The first kappa shape index (κ1) is 24.6. The van der Waals surface area contributed by atoms with Crippen LogP contribution in [-0.2, 0) is 13.0 Å². The summed E-state index contributed by atoms with van der Waals surface area (Å²) in [5, 5.41) is 9.92. The van der Waals surface area contributed by atoms with Gasteiger partial charge >= 0.3 is 0 Å². The van der Waals surface area contributed by atoms with Crippen LogP contribution in [-0.4, -0.2) is 32.0 Å². The minimum atomic E-state index is -0.281. The molecule has 1 heterocycles. The van der Waals surface area contributed by atoms with Gasteiger partial charge in [0.15, 0.2) is 5.96 Å². The van der Waals surface area contributed by atoms with Gasteiger partial charge in [0.2, 0.25) is 0 Å². The van der Waals surface area contributed by atoms with Crippen LogP contribution < -0.4 is 16.0 Å². The van der Waals surface area contributed by atoms with Crippen LogP contribution in [0.25, 0.3) is 11.0 Å². The van der Waals surface area contributed by atoms with E-state index in [0.29, 0.717) is 36.0 Å². The number of fused-ring (bicyclic) bond motifs is 1. The van der Waals surface area contributed by atoms with Gasteiger partial charge in [-0.05, 0) is 56.2 Å². The molecule has 6 nitrogen and oxygen atoms in total. The fourth-order valence-corrected chi connectivity index (χ4v) is 3.22. The number of guanidine groups is 1. The molecule has 0 bridgehead atoms. The molecule has 0 saturated carbocycles. The molecule has 0 aliphatic heterocycles. The van der Waals surface area contributed by atoms with Crippen LogP contribution in [0.3, 0.4) is 0 Å². The Morgan fingerprint density at radius 2 is 1.97 bits per heavy atom. The Kier molecular flexibility index (Phi) is 9.29. The van der Waals surface area contributed by atoms with E-state index in [-0.39, 0.29) is 35.7 Å². The summed E-state index contributed by atoms with van der Waals surface area (Å²) in [7, 11) is 1.62. The number of hydrogen-bond donors (Lipinski definition) is 3. The van der Waals surface area contributed by atoms with E-state index in [4.69, 9.17) is 4.42 Å². The van der Waals surface area contributed by atoms with Crippen molar-refractivity contribution in [3.63, 3.8) is 0 Å². The van der Waals surface area contributed by atoms with Gasteiger partial charge in [0.05, 0.1) is 0 Å². The molecule has 0 fully saturated rings. The Bertz CT molecular complexity index is 1060. The van der Waals surface area contributed by atoms with Gasteiger partial charge in [-0.15, -0.1) is 24.0 Å². The fraction of sp³-hybridized carbons (Fsp3) is 0.304. The van der Waals surface area contributed by atoms with Crippen molar-refractivity contribution in [2.75, 3.05) is 20.1 Å². The predicted octanol–water partition coefficient (Wildman–Crippen LogP) is 4.16. The molecule has 166 valence electrons. The average Bonchev–Trinajstić information content (AvgIpc) is 3.06. The number of halogens is 2. The Hall–Kier alpha value is -2.62. The molecule has 1 amide bonds. The SMILES string of the molecule is CCNC(=NCc1oc2ccc(F)cc2c1C)NCCc1cccc(C(=O)NC)c1.I. The molecule has 0 atom stereocenters. The lowest BCUT2D eigenvalue weighted by atomic mass is 10.1. The molecule has 3 aromatic rings. The van der Waals surface area contributed by atoms with Gasteiger partial charge in [0, 0.05) is 36.7 Å². The maximum atomic E-state index is 13.5. The molecule has 0 spiro atoms. The van der Waals surface area contributed by atoms with Crippen LogP contribution in [0.5, 0.6) is 0 Å². The number of benzene rings is 2. The highest BCUT2D eigenvalue weighted by molar-refractivity contribution is 14.0. The molecule has 31 heavy (non-hydrogen) atoms. The fourth-order valence-electron chi connectivity index (χ4n) is 3.22. The summed E-state index contributed by atoms with van der Waals surface area (Å²) in [5.41, 5.74) is 3.27. The topological polar surface area (TPSA) is 78.7 Å². The van der Waals surface area contributed by atoms with Gasteiger partial charge in [0.1, 0.15) is 23.7 Å². The van der Waals surface area contributed by atoms with Crippen molar-refractivity contribution in [3.8, 4) is 0 Å². The van der Waals surface area contributed by atoms with Crippen LogP contribution in [0.4, 0.5) is 4.39 Å². The van der Waals surface area contributed by atoms with E-state index in [0.717, 1.165) is 29.5 Å². The molecule has 3 rings (SSSR count). The molecule has 0 aliphatic rings. The first-order valence-corrected chi connectivity index (χ1v) is 10.0. The van der Waals surface area contributed by atoms with E-state index < -0.39 is 0 Å². The van der Waals surface area contributed by atoms with E-state index in [1.54, 1.807) is 19.2 Å². The van der Waals surface area contributed by atoms with Gasteiger partial charge in [-0.25, -0.2) is 9.38 Å². The van der Waals surface area contributed by atoms with E-state index in [9.17, 15) is 9.18 Å². The lowest BCUT2D eigenvalue weighted by Crippen LogP contribution is -2.38. The van der Waals surface area contributed by atoms with Gasteiger partial charge < -0.3 is 20.4 Å². The number of aryl methyl sites for hydroxylation is 1. The van der Waals surface area contributed by atoms with Crippen molar-refractivity contribution in [2.45, 2.75) is 26.8 Å². The Labute approximate surface area is 198 Å². The summed E-state index contributed by atoms with van der Waals surface area (Å²) >= 11 is 0. The third-order valence-corrected chi connectivity index (χ3v) is 4.84. The standard InChI is InChI=1S/C23H27FN4O2.HI/c1-4-26-23(27-11-10-16-6-5-7-17(12-16)22(29)25-3)28-14-21-15(2)19-13-18(24)8-9-20(19)30-21;/h5-9,12-13H,4,10-11,14H2,1-3H3,(H,25,29)(H2,26,27,28);1H. The molecule has 0 radical (unpaired) electrons. The molecular weight excluding hydrogens is 510 g/mol. The smallest absolute Gasteiger partial charge is 0.251 e. The third-order valence-electron chi connectivity index (χ3n) is 4.84. The number of carbonyl (C=O) groups is 1. The molecule has 8 heteroatoms. The third kappa shape index (κ3) is 6.43. The van der Waals surface area contributed by atoms with Crippen LogP contribution in [0.2, 0.25) is 0 Å². The molecule has 2 aromatic carbocycles. The maximum Gasteiger partial charge on any atom is 0.251 e. The number of nitrogens with zero attached hydrogens (tertiary/aromatic N) is 1. The maximum absolute atomic E-state index is 13.5. The summed E-state index contributed by atoms with van der Waals surface area (Å²) in [5.74, 6) is 1.01. The lowest BCUT2D eigenvalue weighted by Gasteiger charge is -2.11. The highest BCUT2D eigenvalue weighted by Gasteiger charge is 2.11. The van der Waals surface area contributed by atoms with E-state index in [1.165, 1.54) is 12.1 Å². The zero-order valence-electron chi connectivity index (χ0n) is 17.9. The normalized spacial score (nSPS) is 11.2.